The first-order chi connectivity index (χ1) is 13.6. The number of carboxylic acids is 1. The molecule has 0 fully saturated rings. The molecule has 5 nitrogen and oxygen atoms in total. The number of hydrogen-bond acceptors (Lipinski definition) is 4. The normalized spacial score (nSPS) is 11.7. The summed E-state index contributed by atoms with van der Waals surface area (Å²) in [6.45, 7) is 6.41. The number of carboxylic acid groups (broad SMARTS) is 1. The molecule has 0 bridgehead atoms. The van der Waals surface area contributed by atoms with Crippen LogP contribution in [0.2, 0.25) is 0 Å². The monoisotopic (exact) mass is 378 g/mol. The van der Waals surface area contributed by atoms with Crippen LogP contribution in [-0.2, 0) is 4.79 Å². The molecule has 1 aromatic heterocycles. The summed E-state index contributed by atoms with van der Waals surface area (Å²) in [6, 6.07) is 15.6. The molecule has 0 aliphatic carbocycles. The summed E-state index contributed by atoms with van der Waals surface area (Å²) in [5.74, 6) is -0.562. The van der Waals surface area contributed by atoms with Gasteiger partial charge in [-0.2, -0.15) is 0 Å². The number of hydrogen-bond donors (Lipinski definition) is 1. The summed E-state index contributed by atoms with van der Waals surface area (Å²) in [7, 11) is 0. The summed E-state index contributed by atoms with van der Waals surface area (Å²) in [6.07, 6.45) is 3.89. The minimum Gasteiger partial charge on any atom is -0.481 e. The molecule has 0 atom stereocenters. The van der Waals surface area contributed by atoms with E-state index < -0.39 is 5.97 Å². The van der Waals surface area contributed by atoms with Gasteiger partial charge >= 0.3 is 5.97 Å². The Morgan fingerprint density at radius 1 is 1.07 bits per heavy atom. The largest absolute Gasteiger partial charge is 0.481 e. The van der Waals surface area contributed by atoms with Crippen LogP contribution in [0.1, 0.15) is 44.6 Å². The molecule has 0 unspecified atom stereocenters. The van der Waals surface area contributed by atoms with Gasteiger partial charge in [0.1, 0.15) is 5.52 Å². The van der Waals surface area contributed by atoms with Gasteiger partial charge in [0, 0.05) is 24.4 Å². The molecule has 146 valence electrons. The van der Waals surface area contributed by atoms with Gasteiger partial charge in [-0.25, -0.2) is 4.98 Å². The number of aromatic nitrogens is 1. The summed E-state index contributed by atoms with van der Waals surface area (Å²) >= 11 is 0. The van der Waals surface area contributed by atoms with Crippen molar-refractivity contribution in [1.82, 2.24) is 4.98 Å². The summed E-state index contributed by atoms with van der Waals surface area (Å²) in [5.41, 5.74) is 4.03. The van der Waals surface area contributed by atoms with Gasteiger partial charge in [-0.15, -0.1) is 0 Å². The van der Waals surface area contributed by atoms with Crippen molar-refractivity contribution >= 4 is 34.4 Å². The molecule has 0 amide bonds. The highest BCUT2D eigenvalue weighted by molar-refractivity contribution is 5.91. The maximum atomic E-state index is 11.4. The molecule has 0 spiro atoms. The number of rotatable bonds is 9. The molecule has 3 rings (SSSR count). The second-order valence-electron chi connectivity index (χ2n) is 6.81. The van der Waals surface area contributed by atoms with Crippen LogP contribution < -0.4 is 4.90 Å². The lowest BCUT2D eigenvalue weighted by atomic mass is 10.1. The molecule has 5 heteroatoms. The Balaban J connectivity index is 1.90. The SMILES string of the molecule is CCCN(CCC)c1ccc(/C=C(\CC(=O)O)c2nc3ccccc3o2)cc1. The molecular formula is C23H26N2O3. The van der Waals surface area contributed by atoms with E-state index in [9.17, 15) is 9.90 Å². The Kier molecular flexibility index (Phi) is 6.48. The fourth-order valence-corrected chi connectivity index (χ4v) is 3.25. The Morgan fingerprint density at radius 3 is 2.36 bits per heavy atom. The molecule has 0 aliphatic rings. The van der Waals surface area contributed by atoms with E-state index in [1.165, 1.54) is 5.69 Å². The molecule has 0 aliphatic heterocycles. The topological polar surface area (TPSA) is 66.6 Å². The first-order valence-corrected chi connectivity index (χ1v) is 9.74. The van der Waals surface area contributed by atoms with Crippen LogP contribution in [-0.4, -0.2) is 29.1 Å². The number of aliphatic carboxylic acids is 1. The Hall–Kier alpha value is -3.08. The van der Waals surface area contributed by atoms with Gasteiger partial charge in [-0.1, -0.05) is 38.1 Å². The Morgan fingerprint density at radius 2 is 1.75 bits per heavy atom. The maximum absolute atomic E-state index is 11.4. The molecule has 0 saturated heterocycles. The fourth-order valence-electron chi connectivity index (χ4n) is 3.25. The fraction of sp³-hybridized carbons (Fsp3) is 0.304. The third kappa shape index (κ3) is 4.80. The molecular weight excluding hydrogens is 352 g/mol. The van der Waals surface area contributed by atoms with Crippen LogP contribution in [0, 0.1) is 0 Å². The van der Waals surface area contributed by atoms with Gasteiger partial charge < -0.3 is 14.4 Å². The highest BCUT2D eigenvalue weighted by Gasteiger charge is 2.14. The van der Waals surface area contributed by atoms with Gasteiger partial charge in [-0.05, 0) is 48.7 Å². The number of oxazole rings is 1. The predicted octanol–water partition coefficient (Wildman–Crippen LogP) is 5.47. The third-order valence-corrected chi connectivity index (χ3v) is 4.50. The number of nitrogens with zero attached hydrogens (tertiary/aromatic N) is 2. The smallest absolute Gasteiger partial charge is 0.308 e. The molecule has 3 aromatic rings. The minimum atomic E-state index is -0.915. The first kappa shape index (κ1) is 19.7. The van der Waals surface area contributed by atoms with E-state index in [0.29, 0.717) is 17.0 Å². The van der Waals surface area contributed by atoms with Crippen molar-refractivity contribution in [2.24, 2.45) is 0 Å². The van der Waals surface area contributed by atoms with Crippen molar-refractivity contribution in [2.75, 3.05) is 18.0 Å². The van der Waals surface area contributed by atoms with E-state index >= 15 is 0 Å². The van der Waals surface area contributed by atoms with Crippen LogP contribution in [0.15, 0.2) is 52.9 Å². The van der Waals surface area contributed by atoms with Gasteiger partial charge in [0.25, 0.3) is 0 Å². The Labute approximate surface area is 165 Å². The van der Waals surface area contributed by atoms with Gasteiger partial charge in [0.05, 0.1) is 6.42 Å². The summed E-state index contributed by atoms with van der Waals surface area (Å²) < 4.78 is 5.78. The van der Waals surface area contributed by atoms with Crippen LogP contribution >= 0.6 is 0 Å². The standard InChI is InChI=1S/C23H26N2O3/c1-3-13-25(14-4-2)19-11-9-17(10-12-19)15-18(16-22(26)27)23-24-20-7-5-6-8-21(20)28-23/h5-12,15H,3-4,13-14,16H2,1-2H3,(H,26,27)/b18-15+. The van der Waals surface area contributed by atoms with Crippen molar-refractivity contribution in [3.63, 3.8) is 0 Å². The van der Waals surface area contributed by atoms with Crippen molar-refractivity contribution in [3.05, 3.63) is 60.0 Å². The number of benzene rings is 2. The predicted molar refractivity (Wildman–Crippen MR) is 113 cm³/mol. The number of anilines is 1. The summed E-state index contributed by atoms with van der Waals surface area (Å²) in [5, 5.41) is 9.32. The highest BCUT2D eigenvalue weighted by Crippen LogP contribution is 2.26. The zero-order valence-electron chi connectivity index (χ0n) is 16.4. The van der Waals surface area contributed by atoms with E-state index in [2.05, 4.69) is 35.9 Å². The van der Waals surface area contributed by atoms with Gasteiger partial charge in [0.2, 0.25) is 5.89 Å². The van der Waals surface area contributed by atoms with E-state index in [4.69, 9.17) is 4.42 Å². The third-order valence-electron chi connectivity index (χ3n) is 4.50. The van der Waals surface area contributed by atoms with E-state index in [0.717, 1.165) is 37.0 Å². The highest BCUT2D eigenvalue weighted by atomic mass is 16.4. The molecule has 1 heterocycles. The lowest BCUT2D eigenvalue weighted by Gasteiger charge is -2.23. The number of fused-ring (bicyclic) bond motifs is 1. The Bertz CT molecular complexity index is 918. The molecule has 1 N–H and O–H groups in total. The van der Waals surface area contributed by atoms with Crippen LogP contribution in [0.4, 0.5) is 5.69 Å². The lowest BCUT2D eigenvalue weighted by Crippen LogP contribution is -2.24. The van der Waals surface area contributed by atoms with Crippen molar-refractivity contribution in [2.45, 2.75) is 33.1 Å². The van der Waals surface area contributed by atoms with E-state index in [-0.39, 0.29) is 6.42 Å². The van der Waals surface area contributed by atoms with Crippen LogP contribution in [0.5, 0.6) is 0 Å². The molecule has 0 saturated carbocycles. The second-order valence-corrected chi connectivity index (χ2v) is 6.81. The molecule has 0 radical (unpaired) electrons. The number of para-hydroxylation sites is 2. The van der Waals surface area contributed by atoms with Crippen LogP contribution in [0.3, 0.4) is 0 Å². The summed E-state index contributed by atoms with van der Waals surface area (Å²) in [4.78, 5) is 18.2. The minimum absolute atomic E-state index is 0.146. The maximum Gasteiger partial charge on any atom is 0.308 e. The average Bonchev–Trinajstić information content (AvgIpc) is 3.12. The van der Waals surface area contributed by atoms with E-state index in [1.54, 1.807) is 0 Å². The van der Waals surface area contributed by atoms with Crippen LogP contribution in [0.25, 0.3) is 22.7 Å². The van der Waals surface area contributed by atoms with Crippen molar-refractivity contribution < 1.29 is 14.3 Å². The zero-order valence-corrected chi connectivity index (χ0v) is 16.4. The lowest BCUT2D eigenvalue weighted by molar-refractivity contribution is -0.135. The second kappa shape index (κ2) is 9.22. The molecule has 28 heavy (non-hydrogen) atoms. The van der Waals surface area contributed by atoms with Crippen molar-refractivity contribution in [1.29, 1.82) is 0 Å². The average molecular weight is 378 g/mol. The first-order valence-electron chi connectivity index (χ1n) is 9.74. The number of carbonyl (C=O) groups is 1. The molecule has 2 aromatic carbocycles. The quantitative estimate of drug-likeness (QED) is 0.535. The van der Waals surface area contributed by atoms with Gasteiger partial charge in [-0.3, -0.25) is 4.79 Å². The van der Waals surface area contributed by atoms with E-state index in [1.807, 2.05) is 42.5 Å². The van der Waals surface area contributed by atoms with Gasteiger partial charge in [0.15, 0.2) is 5.58 Å². The van der Waals surface area contributed by atoms with Crippen molar-refractivity contribution in [3.8, 4) is 0 Å². The zero-order chi connectivity index (χ0) is 19.9.